The smallest absolute Gasteiger partial charge is 0.415 e. The summed E-state index contributed by atoms with van der Waals surface area (Å²) in [7, 11) is 1.34. The summed E-state index contributed by atoms with van der Waals surface area (Å²) in [5.41, 5.74) is 0.970. The van der Waals surface area contributed by atoms with Crippen LogP contribution in [0, 0.1) is 5.41 Å². The van der Waals surface area contributed by atoms with Crippen molar-refractivity contribution in [3.8, 4) is 0 Å². The lowest BCUT2D eigenvalue weighted by Crippen LogP contribution is -2.63. The molecule has 3 saturated heterocycles. The third kappa shape index (κ3) is 2.31. The van der Waals surface area contributed by atoms with Gasteiger partial charge in [0.2, 0.25) is 5.91 Å². The molecular formula is C21H26BrN3O4. The van der Waals surface area contributed by atoms with Gasteiger partial charge in [-0.1, -0.05) is 22.9 Å². The minimum Gasteiger partial charge on any atom is -0.452 e. The molecule has 5 rings (SSSR count). The SMILES string of the molecule is CC[C@]12CCCN3CC[C@@]4(c5cc(Br)ccc5N(C(=O)OC)[C@H]4N(O)C(=O)C1)[C@@H]32. The lowest BCUT2D eigenvalue weighted by Gasteiger charge is -2.52. The zero-order valence-corrected chi connectivity index (χ0v) is 18.3. The molecule has 4 heterocycles. The largest absolute Gasteiger partial charge is 0.452 e. The molecule has 0 radical (unpaired) electrons. The number of anilines is 1. The summed E-state index contributed by atoms with van der Waals surface area (Å²) >= 11 is 3.60. The molecule has 0 unspecified atom stereocenters. The van der Waals surface area contributed by atoms with Gasteiger partial charge in [0.15, 0.2) is 6.17 Å². The van der Waals surface area contributed by atoms with E-state index in [1.54, 1.807) is 0 Å². The van der Waals surface area contributed by atoms with E-state index >= 15 is 0 Å². The minimum absolute atomic E-state index is 0.0857. The number of rotatable bonds is 1. The molecule has 0 saturated carbocycles. The van der Waals surface area contributed by atoms with Gasteiger partial charge in [0.25, 0.3) is 0 Å². The molecular weight excluding hydrogens is 438 g/mol. The van der Waals surface area contributed by atoms with Crippen LogP contribution in [-0.2, 0) is 14.9 Å². The van der Waals surface area contributed by atoms with Crippen LogP contribution >= 0.6 is 15.9 Å². The van der Waals surface area contributed by atoms with E-state index in [2.05, 4.69) is 33.8 Å². The van der Waals surface area contributed by atoms with Gasteiger partial charge in [-0.05, 0) is 68.0 Å². The number of benzene rings is 1. The standard InChI is InChI=1S/C21H26BrN3O4/c1-3-20-7-4-9-23-10-8-21(17(20)23)14-11-13(22)5-6-15(14)24(19(27)29-2)18(21)25(28)16(26)12-20/h5-6,11,17-18,28H,3-4,7-10,12H2,1-2H3/t17-,18-,20-,21+/m0/s1. The molecule has 1 spiro atoms. The zero-order chi connectivity index (χ0) is 20.6. The number of methoxy groups -OCH3 is 1. The Bertz CT molecular complexity index is 895. The molecule has 156 valence electrons. The monoisotopic (exact) mass is 463 g/mol. The van der Waals surface area contributed by atoms with Gasteiger partial charge in [-0.15, -0.1) is 0 Å². The number of amides is 2. The molecule has 1 N–H and O–H groups in total. The van der Waals surface area contributed by atoms with Crippen LogP contribution in [0.15, 0.2) is 22.7 Å². The summed E-state index contributed by atoms with van der Waals surface area (Å²) in [4.78, 5) is 30.1. The number of hydroxylamine groups is 2. The number of carbonyl (C=O) groups excluding carboxylic acids is 2. The van der Waals surface area contributed by atoms with Crippen LogP contribution < -0.4 is 4.90 Å². The number of nitrogens with zero attached hydrogens (tertiary/aromatic N) is 3. The molecule has 29 heavy (non-hydrogen) atoms. The summed E-state index contributed by atoms with van der Waals surface area (Å²) in [6.07, 6.45) is 2.61. The van der Waals surface area contributed by atoms with Crippen molar-refractivity contribution in [1.29, 1.82) is 0 Å². The Morgan fingerprint density at radius 2 is 2.14 bits per heavy atom. The Hall–Kier alpha value is -1.64. The van der Waals surface area contributed by atoms with Gasteiger partial charge in [-0.3, -0.25) is 19.8 Å². The summed E-state index contributed by atoms with van der Waals surface area (Å²) < 4.78 is 6.02. The van der Waals surface area contributed by atoms with Crippen LogP contribution in [0.25, 0.3) is 0 Å². The van der Waals surface area contributed by atoms with E-state index < -0.39 is 17.7 Å². The number of halogens is 1. The lowest BCUT2D eigenvalue weighted by molar-refractivity contribution is -0.179. The van der Waals surface area contributed by atoms with Crippen LogP contribution in [0.1, 0.15) is 44.6 Å². The van der Waals surface area contributed by atoms with Crippen LogP contribution in [0.5, 0.6) is 0 Å². The highest BCUT2D eigenvalue weighted by molar-refractivity contribution is 9.10. The zero-order valence-electron chi connectivity index (χ0n) is 16.7. The Morgan fingerprint density at radius 3 is 2.86 bits per heavy atom. The first kappa shape index (κ1) is 19.3. The van der Waals surface area contributed by atoms with Crippen LogP contribution in [-0.4, -0.2) is 59.6 Å². The van der Waals surface area contributed by atoms with Gasteiger partial charge in [0, 0.05) is 16.9 Å². The second kappa shape index (κ2) is 6.43. The quantitative estimate of drug-likeness (QED) is 0.645. The Kier molecular flexibility index (Phi) is 4.28. The maximum Gasteiger partial charge on any atom is 0.415 e. The summed E-state index contributed by atoms with van der Waals surface area (Å²) in [6, 6.07) is 5.92. The fourth-order valence-corrected chi connectivity index (χ4v) is 7.19. The molecule has 4 aliphatic heterocycles. The number of carbonyl (C=O) groups is 2. The van der Waals surface area contributed by atoms with Crippen molar-refractivity contribution in [1.82, 2.24) is 9.96 Å². The van der Waals surface area contributed by atoms with E-state index in [9.17, 15) is 14.8 Å². The third-order valence-electron chi connectivity index (χ3n) is 7.86. The van der Waals surface area contributed by atoms with Crippen molar-refractivity contribution >= 4 is 33.6 Å². The normalized spacial score (nSPS) is 35.8. The number of fused-ring (bicyclic) bond motifs is 1. The van der Waals surface area contributed by atoms with Crippen molar-refractivity contribution < 1.29 is 19.5 Å². The minimum atomic E-state index is -0.798. The molecule has 1 aromatic carbocycles. The van der Waals surface area contributed by atoms with Gasteiger partial charge in [0.05, 0.1) is 18.2 Å². The van der Waals surface area contributed by atoms with E-state index in [4.69, 9.17) is 4.74 Å². The van der Waals surface area contributed by atoms with Crippen molar-refractivity contribution in [2.24, 2.45) is 5.41 Å². The van der Waals surface area contributed by atoms with Crippen LogP contribution in [0.4, 0.5) is 10.5 Å². The second-order valence-electron chi connectivity index (χ2n) is 8.84. The summed E-state index contributed by atoms with van der Waals surface area (Å²) in [5.74, 6) is -0.312. The van der Waals surface area contributed by atoms with E-state index in [-0.39, 0.29) is 17.4 Å². The molecule has 3 fully saturated rings. The van der Waals surface area contributed by atoms with E-state index in [1.807, 2.05) is 12.1 Å². The first-order valence-electron chi connectivity index (χ1n) is 10.3. The van der Waals surface area contributed by atoms with Crippen molar-refractivity contribution in [2.75, 3.05) is 25.1 Å². The summed E-state index contributed by atoms with van der Waals surface area (Å²) in [5, 5.41) is 12.0. The second-order valence-corrected chi connectivity index (χ2v) is 9.75. The highest BCUT2D eigenvalue weighted by Gasteiger charge is 2.70. The highest BCUT2D eigenvalue weighted by atomic mass is 79.9. The maximum absolute atomic E-state index is 13.2. The Morgan fingerprint density at radius 1 is 1.34 bits per heavy atom. The van der Waals surface area contributed by atoms with Crippen molar-refractivity contribution in [3.05, 3.63) is 28.2 Å². The highest BCUT2D eigenvalue weighted by Crippen LogP contribution is 2.63. The average Bonchev–Trinajstić information content (AvgIpc) is 3.22. The molecule has 4 aliphatic rings. The molecule has 8 heteroatoms. The van der Waals surface area contributed by atoms with Gasteiger partial charge in [-0.25, -0.2) is 4.79 Å². The van der Waals surface area contributed by atoms with Crippen molar-refractivity contribution in [2.45, 2.75) is 56.7 Å². The van der Waals surface area contributed by atoms with Gasteiger partial charge in [0.1, 0.15) is 0 Å². The average molecular weight is 464 g/mol. The van der Waals surface area contributed by atoms with Crippen LogP contribution in [0.3, 0.4) is 0 Å². The molecule has 0 aliphatic carbocycles. The first-order valence-corrected chi connectivity index (χ1v) is 11.1. The molecule has 1 aromatic rings. The predicted molar refractivity (Wildman–Crippen MR) is 110 cm³/mol. The molecule has 2 amide bonds. The van der Waals surface area contributed by atoms with E-state index in [1.165, 1.54) is 12.0 Å². The fraction of sp³-hybridized carbons (Fsp3) is 0.619. The number of ether oxygens (including phenoxy) is 1. The number of piperidine rings is 1. The number of hydrogen-bond acceptors (Lipinski definition) is 5. The third-order valence-corrected chi connectivity index (χ3v) is 8.35. The Balaban J connectivity index is 1.83. The van der Waals surface area contributed by atoms with Gasteiger partial charge < -0.3 is 4.74 Å². The molecule has 4 atom stereocenters. The van der Waals surface area contributed by atoms with Crippen molar-refractivity contribution in [3.63, 3.8) is 0 Å². The molecule has 0 aromatic heterocycles. The van der Waals surface area contributed by atoms with E-state index in [0.29, 0.717) is 6.42 Å². The maximum atomic E-state index is 13.2. The lowest BCUT2D eigenvalue weighted by atomic mass is 9.59. The predicted octanol–water partition coefficient (Wildman–Crippen LogP) is 3.49. The van der Waals surface area contributed by atoms with E-state index in [0.717, 1.165) is 59.6 Å². The first-order chi connectivity index (χ1) is 13.9. The molecule has 7 nitrogen and oxygen atoms in total. The topological polar surface area (TPSA) is 73.3 Å². The Labute approximate surface area is 178 Å². The van der Waals surface area contributed by atoms with Crippen LogP contribution in [0.2, 0.25) is 0 Å². The summed E-state index contributed by atoms with van der Waals surface area (Å²) in [6.45, 7) is 4.04. The van der Waals surface area contributed by atoms with Gasteiger partial charge >= 0.3 is 6.09 Å². The molecule has 0 bridgehead atoms. The fourth-order valence-electron chi connectivity index (χ4n) is 6.83. The van der Waals surface area contributed by atoms with Gasteiger partial charge in [-0.2, -0.15) is 5.06 Å². The number of hydrogen-bond donors (Lipinski definition) is 1.